The molecule has 0 bridgehead atoms. The van der Waals surface area contributed by atoms with Gasteiger partial charge in [0.2, 0.25) is 0 Å². The Kier molecular flexibility index (Phi) is 3.86. The molecule has 0 saturated carbocycles. The number of nitrogens with zero attached hydrogens (tertiary/aromatic N) is 1. The summed E-state index contributed by atoms with van der Waals surface area (Å²) in [6.07, 6.45) is 0. The molecule has 0 fully saturated rings. The Balaban J connectivity index is 3.02. The third kappa shape index (κ3) is 2.81. The van der Waals surface area contributed by atoms with Crippen LogP contribution < -0.4 is 11.5 Å². The zero-order chi connectivity index (χ0) is 13.2. The zero-order valence-corrected chi connectivity index (χ0v) is 10.2. The van der Waals surface area contributed by atoms with Crippen molar-refractivity contribution < 1.29 is 21.9 Å². The number of hydrogen-bond donors (Lipinski definition) is 2. The van der Waals surface area contributed by atoms with Crippen molar-refractivity contribution in [1.82, 2.24) is 5.16 Å². The van der Waals surface area contributed by atoms with Gasteiger partial charge in [-0.05, 0) is 13.8 Å². The van der Waals surface area contributed by atoms with E-state index in [-0.39, 0.29) is 22.9 Å². The van der Waals surface area contributed by atoms with E-state index in [0.29, 0.717) is 0 Å². The molecule has 4 N–H and O–H groups in total. The highest BCUT2D eigenvalue weighted by molar-refractivity contribution is 7.87. The first kappa shape index (κ1) is 13.6. The Bertz CT molecular complexity index is 502. The topological polar surface area (TPSA) is 139 Å². The van der Waals surface area contributed by atoms with Gasteiger partial charge in [-0.2, -0.15) is 8.42 Å². The van der Waals surface area contributed by atoms with Crippen molar-refractivity contribution >= 4 is 16.1 Å². The van der Waals surface area contributed by atoms with E-state index in [2.05, 4.69) is 13.9 Å². The smallest absolute Gasteiger partial charge is 0.347 e. The van der Waals surface area contributed by atoms with Gasteiger partial charge in [0.25, 0.3) is 0 Å². The van der Waals surface area contributed by atoms with Crippen LogP contribution in [0.2, 0.25) is 0 Å². The maximum atomic E-state index is 11.7. The van der Waals surface area contributed by atoms with E-state index in [4.69, 9.17) is 11.5 Å². The first-order valence-electron chi connectivity index (χ1n) is 4.66. The molecule has 0 aliphatic heterocycles. The minimum atomic E-state index is -4.27. The molecular formula is C8H13N3O5S. The van der Waals surface area contributed by atoms with Gasteiger partial charge in [0.05, 0.1) is 0 Å². The second-order valence-corrected chi connectivity index (χ2v) is 4.84. The zero-order valence-electron chi connectivity index (χ0n) is 9.34. The van der Waals surface area contributed by atoms with Gasteiger partial charge in [-0.1, -0.05) is 5.16 Å². The first-order chi connectivity index (χ1) is 7.79. The molecule has 9 heteroatoms. The standard InChI is InChI=1S/C8H13N3O5S/c1-4-7(5(2)15-11-4)17(13,14)16-8(12)6(10)3-9/h6H,3,9-10H2,1-2H3. The molecule has 0 spiro atoms. The van der Waals surface area contributed by atoms with Gasteiger partial charge in [-0.15, -0.1) is 0 Å². The fourth-order valence-electron chi connectivity index (χ4n) is 1.14. The van der Waals surface area contributed by atoms with Crippen molar-refractivity contribution in [2.24, 2.45) is 11.5 Å². The molecule has 1 heterocycles. The maximum Gasteiger partial charge on any atom is 0.347 e. The lowest BCUT2D eigenvalue weighted by Gasteiger charge is -2.08. The molecule has 0 saturated heterocycles. The van der Waals surface area contributed by atoms with E-state index in [0.717, 1.165) is 0 Å². The number of hydrogen-bond acceptors (Lipinski definition) is 8. The number of aryl methyl sites for hydroxylation is 2. The highest BCUT2D eigenvalue weighted by Gasteiger charge is 2.30. The van der Waals surface area contributed by atoms with Crippen LogP contribution in [0.4, 0.5) is 0 Å². The van der Waals surface area contributed by atoms with Gasteiger partial charge in [-0.25, -0.2) is 4.79 Å². The molecule has 1 unspecified atom stereocenters. The van der Waals surface area contributed by atoms with Gasteiger partial charge < -0.3 is 20.2 Å². The SMILES string of the molecule is Cc1noc(C)c1S(=O)(=O)OC(=O)C(N)CN. The summed E-state index contributed by atoms with van der Waals surface area (Å²) < 4.78 is 32.5. The second kappa shape index (κ2) is 4.82. The lowest BCUT2D eigenvalue weighted by molar-refractivity contribution is -0.135. The number of nitrogens with two attached hydrogens (primary N) is 2. The summed E-state index contributed by atoms with van der Waals surface area (Å²) in [5, 5.41) is 3.45. The van der Waals surface area contributed by atoms with Crippen LogP contribution in [-0.2, 0) is 19.1 Å². The van der Waals surface area contributed by atoms with E-state index in [1.54, 1.807) is 0 Å². The van der Waals surface area contributed by atoms with Crippen LogP contribution in [0.5, 0.6) is 0 Å². The molecule has 1 rings (SSSR count). The Morgan fingerprint density at radius 3 is 2.53 bits per heavy atom. The predicted octanol–water partition coefficient (Wildman–Crippen LogP) is -1.19. The molecule has 17 heavy (non-hydrogen) atoms. The number of carbonyl (C=O) groups is 1. The van der Waals surface area contributed by atoms with E-state index in [1.165, 1.54) is 13.8 Å². The van der Waals surface area contributed by atoms with E-state index in [9.17, 15) is 13.2 Å². The Labute approximate surface area is 98.0 Å². The Morgan fingerprint density at radius 1 is 1.53 bits per heavy atom. The highest BCUT2D eigenvalue weighted by Crippen LogP contribution is 2.21. The van der Waals surface area contributed by atoms with Gasteiger partial charge in [-0.3, -0.25) is 0 Å². The molecule has 0 aliphatic carbocycles. The number of carbonyl (C=O) groups excluding carboxylic acids is 1. The van der Waals surface area contributed by atoms with Crippen molar-refractivity contribution in [3.8, 4) is 0 Å². The Hall–Kier alpha value is -1.45. The second-order valence-electron chi connectivity index (χ2n) is 3.35. The van der Waals surface area contributed by atoms with Crippen LogP contribution in [0.1, 0.15) is 11.5 Å². The highest BCUT2D eigenvalue weighted by atomic mass is 32.2. The summed E-state index contributed by atoms with van der Waals surface area (Å²) >= 11 is 0. The molecule has 1 atom stereocenters. The fraction of sp³-hybridized carbons (Fsp3) is 0.500. The van der Waals surface area contributed by atoms with Crippen molar-refractivity contribution in [3.63, 3.8) is 0 Å². The lowest BCUT2D eigenvalue weighted by Crippen LogP contribution is -2.40. The molecule has 96 valence electrons. The molecule has 0 aliphatic rings. The van der Waals surface area contributed by atoms with Gasteiger partial charge in [0, 0.05) is 6.54 Å². The summed E-state index contributed by atoms with van der Waals surface area (Å²) in [5.74, 6) is -1.08. The molecule has 8 nitrogen and oxygen atoms in total. The quantitative estimate of drug-likeness (QED) is 0.646. The van der Waals surface area contributed by atoms with Gasteiger partial charge in [0.1, 0.15) is 11.7 Å². The number of aromatic nitrogens is 1. The van der Waals surface area contributed by atoms with Crippen LogP contribution in [0, 0.1) is 13.8 Å². The average Bonchev–Trinajstić information content (AvgIpc) is 2.57. The third-order valence-electron chi connectivity index (χ3n) is 1.97. The lowest BCUT2D eigenvalue weighted by atomic mass is 10.3. The number of rotatable bonds is 4. The Morgan fingerprint density at radius 2 is 2.12 bits per heavy atom. The summed E-state index contributed by atoms with van der Waals surface area (Å²) in [6, 6.07) is -1.19. The molecule has 0 amide bonds. The van der Waals surface area contributed by atoms with Crippen molar-refractivity contribution in [3.05, 3.63) is 11.5 Å². The van der Waals surface area contributed by atoms with E-state index >= 15 is 0 Å². The molecule has 0 radical (unpaired) electrons. The third-order valence-corrected chi connectivity index (χ3v) is 3.43. The molecular weight excluding hydrogens is 250 g/mol. The van der Waals surface area contributed by atoms with Crippen LogP contribution in [-0.4, -0.2) is 32.1 Å². The summed E-state index contributed by atoms with van der Waals surface area (Å²) in [4.78, 5) is 11.0. The predicted molar refractivity (Wildman–Crippen MR) is 56.3 cm³/mol. The van der Waals surface area contributed by atoms with Crippen LogP contribution in [0.3, 0.4) is 0 Å². The minimum Gasteiger partial charge on any atom is -0.360 e. The van der Waals surface area contributed by atoms with Crippen molar-refractivity contribution in [1.29, 1.82) is 0 Å². The van der Waals surface area contributed by atoms with Crippen LogP contribution in [0.25, 0.3) is 0 Å². The van der Waals surface area contributed by atoms with E-state index < -0.39 is 22.1 Å². The van der Waals surface area contributed by atoms with Crippen molar-refractivity contribution in [2.75, 3.05) is 6.54 Å². The first-order valence-corrected chi connectivity index (χ1v) is 6.07. The van der Waals surface area contributed by atoms with Gasteiger partial charge in [0.15, 0.2) is 10.7 Å². The molecule has 0 aromatic carbocycles. The molecule has 1 aromatic heterocycles. The van der Waals surface area contributed by atoms with Crippen LogP contribution in [0.15, 0.2) is 9.42 Å². The fourth-order valence-corrected chi connectivity index (χ4v) is 2.35. The minimum absolute atomic E-state index is 0.0385. The van der Waals surface area contributed by atoms with Crippen LogP contribution >= 0.6 is 0 Å². The van der Waals surface area contributed by atoms with E-state index in [1.807, 2.05) is 0 Å². The van der Waals surface area contributed by atoms with Crippen molar-refractivity contribution in [2.45, 2.75) is 24.8 Å². The summed E-state index contributed by atoms with van der Waals surface area (Å²) in [7, 11) is -4.27. The van der Waals surface area contributed by atoms with Gasteiger partial charge >= 0.3 is 16.1 Å². The largest absolute Gasteiger partial charge is 0.360 e. The normalized spacial score (nSPS) is 13.4. The monoisotopic (exact) mass is 263 g/mol. The summed E-state index contributed by atoms with van der Waals surface area (Å²) in [6.45, 7) is 2.60. The maximum absolute atomic E-state index is 11.7. The molecule has 1 aromatic rings. The average molecular weight is 263 g/mol. The summed E-state index contributed by atoms with van der Waals surface area (Å²) in [5.41, 5.74) is 10.5.